The summed E-state index contributed by atoms with van der Waals surface area (Å²) in [6.07, 6.45) is 2.19. The number of ether oxygens (including phenoxy) is 2. The lowest BCUT2D eigenvalue weighted by atomic mass is 9.88. The third kappa shape index (κ3) is 5.53. The summed E-state index contributed by atoms with van der Waals surface area (Å²) in [5.41, 5.74) is 0.677. The molecule has 1 saturated carbocycles. The SMILES string of the molecule is CN(C(=O)O)[C@H]1C[C@H](Oc2nc(Cl)nc3c2c(I)cn3COCC[Si](C)(C)C)C1. The molecule has 11 heteroatoms. The molecule has 0 spiro atoms. The molecular formula is C18H26ClIN4O4Si. The van der Waals surface area contributed by atoms with Crippen LogP contribution >= 0.6 is 34.2 Å². The number of hydrogen-bond acceptors (Lipinski definition) is 5. The molecule has 1 N–H and O–H groups in total. The molecule has 3 rings (SSSR count). The molecule has 1 amide bonds. The molecular weight excluding hydrogens is 527 g/mol. The number of amides is 1. The third-order valence-corrected chi connectivity index (χ3v) is 7.73. The highest BCUT2D eigenvalue weighted by atomic mass is 127. The van der Waals surface area contributed by atoms with Crippen molar-refractivity contribution in [3.05, 3.63) is 15.1 Å². The summed E-state index contributed by atoms with van der Waals surface area (Å²) < 4.78 is 14.8. The standard InChI is InChI=1S/C18H26ClIN4O4Si/c1-23(18(25)26)11-7-12(8-11)28-16-14-13(20)9-24(15(14)21-17(19)22-16)10-27-5-6-29(2,3)4/h9,11-12H,5-8,10H2,1-4H3,(H,25,26)/t11-,12-. The van der Waals surface area contributed by atoms with E-state index >= 15 is 0 Å². The summed E-state index contributed by atoms with van der Waals surface area (Å²) in [6, 6.07) is 1.06. The van der Waals surface area contributed by atoms with Crippen LogP contribution in [0.5, 0.6) is 5.88 Å². The summed E-state index contributed by atoms with van der Waals surface area (Å²) in [6.45, 7) is 8.07. The van der Waals surface area contributed by atoms with Crippen LogP contribution in [0.4, 0.5) is 4.79 Å². The lowest BCUT2D eigenvalue weighted by Gasteiger charge is -2.39. The minimum Gasteiger partial charge on any atom is -0.474 e. The van der Waals surface area contributed by atoms with Crippen molar-refractivity contribution in [1.29, 1.82) is 0 Å². The number of hydrogen-bond donors (Lipinski definition) is 1. The van der Waals surface area contributed by atoms with E-state index in [-0.39, 0.29) is 17.4 Å². The Labute approximate surface area is 189 Å². The lowest BCUT2D eigenvalue weighted by molar-refractivity contribution is 0.0303. The van der Waals surface area contributed by atoms with E-state index in [4.69, 9.17) is 26.2 Å². The van der Waals surface area contributed by atoms with Crippen LogP contribution in [0.15, 0.2) is 6.20 Å². The fourth-order valence-electron chi connectivity index (χ4n) is 3.07. The predicted octanol–water partition coefficient (Wildman–Crippen LogP) is 4.52. The van der Waals surface area contributed by atoms with E-state index in [9.17, 15) is 4.79 Å². The Morgan fingerprint density at radius 2 is 2.10 bits per heavy atom. The lowest BCUT2D eigenvalue weighted by Crippen LogP contribution is -2.49. The van der Waals surface area contributed by atoms with Crippen molar-refractivity contribution in [2.45, 2.75) is 57.4 Å². The molecule has 29 heavy (non-hydrogen) atoms. The zero-order valence-electron chi connectivity index (χ0n) is 17.0. The highest BCUT2D eigenvalue weighted by molar-refractivity contribution is 14.1. The first kappa shape index (κ1) is 22.6. The van der Waals surface area contributed by atoms with Gasteiger partial charge in [-0.1, -0.05) is 19.6 Å². The van der Waals surface area contributed by atoms with E-state index < -0.39 is 14.2 Å². The number of carbonyl (C=O) groups is 1. The van der Waals surface area contributed by atoms with Crippen molar-refractivity contribution >= 4 is 59.4 Å². The Kier molecular flexibility index (Phi) is 6.96. The molecule has 2 aromatic rings. The average Bonchev–Trinajstić information content (AvgIpc) is 2.88. The van der Waals surface area contributed by atoms with E-state index in [1.165, 1.54) is 4.90 Å². The van der Waals surface area contributed by atoms with E-state index in [1.54, 1.807) is 7.05 Å². The van der Waals surface area contributed by atoms with Gasteiger partial charge >= 0.3 is 6.09 Å². The molecule has 0 saturated heterocycles. The summed E-state index contributed by atoms with van der Waals surface area (Å²) in [7, 11) is 0.436. The maximum atomic E-state index is 11.1. The molecule has 0 aliphatic heterocycles. The molecule has 1 fully saturated rings. The fourth-order valence-corrected chi connectivity index (χ4v) is 4.79. The number of aromatic nitrogens is 3. The third-order valence-electron chi connectivity index (χ3n) is 5.03. The second-order valence-electron chi connectivity index (χ2n) is 8.55. The second kappa shape index (κ2) is 8.94. The van der Waals surface area contributed by atoms with Gasteiger partial charge in [0.2, 0.25) is 11.2 Å². The van der Waals surface area contributed by atoms with Gasteiger partial charge in [-0.05, 0) is 40.2 Å². The minimum absolute atomic E-state index is 0.0336. The van der Waals surface area contributed by atoms with Crippen molar-refractivity contribution in [2.75, 3.05) is 13.7 Å². The first-order valence-corrected chi connectivity index (χ1v) is 14.6. The van der Waals surface area contributed by atoms with Gasteiger partial charge in [0.1, 0.15) is 12.8 Å². The average molecular weight is 553 g/mol. The quantitative estimate of drug-likeness (QED) is 0.224. The number of rotatable bonds is 8. The van der Waals surface area contributed by atoms with Gasteiger partial charge in [-0.2, -0.15) is 9.97 Å². The molecule has 2 aromatic heterocycles. The first-order chi connectivity index (χ1) is 13.5. The van der Waals surface area contributed by atoms with Crippen molar-refractivity contribution < 1.29 is 19.4 Å². The van der Waals surface area contributed by atoms with Crippen LogP contribution in [0.1, 0.15) is 12.8 Å². The van der Waals surface area contributed by atoms with Gasteiger partial charge < -0.3 is 24.0 Å². The Hall–Kier alpha value is -1.11. The second-order valence-corrected chi connectivity index (χ2v) is 15.7. The summed E-state index contributed by atoms with van der Waals surface area (Å²) in [5, 5.41) is 10.00. The minimum atomic E-state index is -1.14. The molecule has 160 valence electrons. The smallest absolute Gasteiger partial charge is 0.407 e. The predicted molar refractivity (Wildman–Crippen MR) is 123 cm³/mol. The maximum absolute atomic E-state index is 11.1. The number of halogens is 2. The van der Waals surface area contributed by atoms with E-state index in [0.29, 0.717) is 37.7 Å². The molecule has 0 bridgehead atoms. The number of nitrogens with zero attached hydrogens (tertiary/aromatic N) is 4. The van der Waals surface area contributed by atoms with Crippen molar-refractivity contribution in [3.63, 3.8) is 0 Å². The summed E-state index contributed by atoms with van der Waals surface area (Å²) in [5.74, 6) is 0.437. The zero-order valence-corrected chi connectivity index (χ0v) is 20.9. The molecule has 1 aliphatic carbocycles. The normalized spacial score (nSPS) is 19.2. The highest BCUT2D eigenvalue weighted by Gasteiger charge is 2.36. The molecule has 8 nitrogen and oxygen atoms in total. The van der Waals surface area contributed by atoms with Gasteiger partial charge in [-0.3, -0.25) is 0 Å². The van der Waals surface area contributed by atoms with Gasteiger partial charge in [0, 0.05) is 50.4 Å². The van der Waals surface area contributed by atoms with E-state index in [0.717, 1.165) is 15.0 Å². The van der Waals surface area contributed by atoms with E-state index in [2.05, 4.69) is 52.2 Å². The molecule has 2 heterocycles. The monoisotopic (exact) mass is 552 g/mol. The highest BCUT2D eigenvalue weighted by Crippen LogP contribution is 2.35. The Morgan fingerprint density at radius 3 is 2.72 bits per heavy atom. The van der Waals surface area contributed by atoms with Crippen LogP contribution in [0.3, 0.4) is 0 Å². The first-order valence-electron chi connectivity index (χ1n) is 9.47. The zero-order chi connectivity index (χ0) is 21.3. The fraction of sp³-hybridized carbons (Fsp3) is 0.611. The van der Waals surface area contributed by atoms with Crippen LogP contribution in [0.25, 0.3) is 11.0 Å². The van der Waals surface area contributed by atoms with Crippen molar-refractivity contribution in [1.82, 2.24) is 19.4 Å². The summed E-state index contributed by atoms with van der Waals surface area (Å²) in [4.78, 5) is 21.0. The van der Waals surface area contributed by atoms with Crippen LogP contribution < -0.4 is 4.74 Å². The Bertz CT molecular complexity index is 898. The van der Waals surface area contributed by atoms with Crippen LogP contribution in [-0.2, 0) is 11.5 Å². The summed E-state index contributed by atoms with van der Waals surface area (Å²) >= 11 is 8.38. The molecule has 0 unspecified atom stereocenters. The Balaban J connectivity index is 1.71. The van der Waals surface area contributed by atoms with Crippen molar-refractivity contribution in [3.8, 4) is 5.88 Å². The number of carboxylic acid groups (broad SMARTS) is 1. The topological polar surface area (TPSA) is 89.7 Å². The van der Waals surface area contributed by atoms with Gasteiger partial charge in [0.05, 0.1) is 5.39 Å². The van der Waals surface area contributed by atoms with Crippen LogP contribution in [0.2, 0.25) is 31.0 Å². The molecule has 1 aliphatic rings. The maximum Gasteiger partial charge on any atom is 0.407 e. The Morgan fingerprint density at radius 1 is 1.41 bits per heavy atom. The van der Waals surface area contributed by atoms with Crippen LogP contribution in [-0.4, -0.2) is 64.5 Å². The molecule has 0 aromatic carbocycles. The van der Waals surface area contributed by atoms with Gasteiger partial charge in [0.15, 0.2) is 5.65 Å². The van der Waals surface area contributed by atoms with Crippen LogP contribution in [0, 0.1) is 3.57 Å². The van der Waals surface area contributed by atoms with Gasteiger partial charge in [-0.15, -0.1) is 0 Å². The van der Waals surface area contributed by atoms with E-state index in [1.807, 2.05) is 10.8 Å². The largest absolute Gasteiger partial charge is 0.474 e. The number of fused-ring (bicyclic) bond motifs is 1. The van der Waals surface area contributed by atoms with Crippen molar-refractivity contribution in [2.24, 2.45) is 0 Å². The van der Waals surface area contributed by atoms with Gasteiger partial charge in [-0.25, -0.2) is 4.79 Å². The van der Waals surface area contributed by atoms with Gasteiger partial charge in [0.25, 0.3) is 0 Å². The molecule has 0 radical (unpaired) electrons. The molecule has 0 atom stereocenters.